The minimum atomic E-state index is -3.72. The van der Waals surface area contributed by atoms with Crippen LogP contribution in [-0.2, 0) is 10.0 Å². The van der Waals surface area contributed by atoms with E-state index in [4.69, 9.17) is 4.52 Å². The van der Waals surface area contributed by atoms with E-state index in [0.29, 0.717) is 48.6 Å². The zero-order chi connectivity index (χ0) is 19.6. The molecule has 1 aromatic carbocycles. The van der Waals surface area contributed by atoms with Gasteiger partial charge in [0.15, 0.2) is 5.76 Å². The number of nitrogens with zero attached hydrogens (tertiary/aromatic N) is 5. The van der Waals surface area contributed by atoms with E-state index >= 15 is 0 Å². The highest BCUT2D eigenvalue weighted by Crippen LogP contribution is 2.28. The summed E-state index contributed by atoms with van der Waals surface area (Å²) in [4.78, 5) is 2.03. The molecule has 1 saturated heterocycles. The van der Waals surface area contributed by atoms with Gasteiger partial charge in [0.05, 0.1) is 16.8 Å². The second kappa shape index (κ2) is 7.39. The van der Waals surface area contributed by atoms with E-state index in [1.165, 1.54) is 4.31 Å². The highest BCUT2D eigenvalue weighted by atomic mass is 32.2. The van der Waals surface area contributed by atoms with Gasteiger partial charge in [0.25, 0.3) is 0 Å². The third-order valence-corrected chi connectivity index (χ3v) is 6.76. The van der Waals surface area contributed by atoms with Crippen LogP contribution in [-0.4, -0.2) is 44.1 Å². The number of hydrogen-bond acceptors (Lipinski definition) is 7. The minimum absolute atomic E-state index is 0.117. The SMILES string of the molecule is Cc1noc(C)c1S(=O)(=O)N1CCCN(c2c(C#N)cccc2C#N)CC1. The lowest BCUT2D eigenvalue weighted by Crippen LogP contribution is -2.36. The van der Waals surface area contributed by atoms with E-state index in [2.05, 4.69) is 17.3 Å². The fraction of sp³-hybridized carbons (Fsp3) is 0.389. The van der Waals surface area contributed by atoms with Gasteiger partial charge in [0.2, 0.25) is 10.0 Å². The minimum Gasteiger partial charge on any atom is -0.368 e. The summed E-state index contributed by atoms with van der Waals surface area (Å²) in [6, 6.07) is 9.25. The average Bonchev–Trinajstić information content (AvgIpc) is 2.86. The predicted octanol–water partition coefficient (Wildman–Crippen LogP) is 1.94. The summed E-state index contributed by atoms with van der Waals surface area (Å²) < 4.78 is 32.5. The summed E-state index contributed by atoms with van der Waals surface area (Å²) in [6.45, 7) is 4.72. The first-order valence-corrected chi connectivity index (χ1v) is 9.95. The molecule has 2 aromatic rings. The molecule has 0 bridgehead atoms. The van der Waals surface area contributed by atoms with Gasteiger partial charge in [-0.2, -0.15) is 14.8 Å². The van der Waals surface area contributed by atoms with Crippen LogP contribution in [0.3, 0.4) is 0 Å². The summed E-state index contributed by atoms with van der Waals surface area (Å²) in [5, 5.41) is 22.5. The van der Waals surface area contributed by atoms with Gasteiger partial charge in [-0.3, -0.25) is 0 Å². The molecular formula is C18H19N5O3S. The zero-order valence-electron chi connectivity index (χ0n) is 15.1. The molecule has 8 nitrogen and oxygen atoms in total. The standard InChI is InChI=1S/C18H19N5O3S/c1-13-18(14(2)26-21-13)27(24,25)23-8-4-7-22(9-10-23)17-15(11-19)5-3-6-16(17)12-20/h3,5-6H,4,7-10H2,1-2H3. The first kappa shape index (κ1) is 18.9. The van der Waals surface area contributed by atoms with Crippen LogP contribution in [0.1, 0.15) is 29.0 Å². The fourth-order valence-electron chi connectivity index (χ4n) is 3.39. The second-order valence-electron chi connectivity index (χ2n) is 6.32. The molecule has 0 unspecified atom stereocenters. The van der Waals surface area contributed by atoms with Crippen molar-refractivity contribution in [3.05, 3.63) is 40.8 Å². The Balaban J connectivity index is 1.90. The van der Waals surface area contributed by atoms with Gasteiger partial charge in [0, 0.05) is 26.2 Å². The monoisotopic (exact) mass is 385 g/mol. The number of rotatable bonds is 3. The van der Waals surface area contributed by atoms with Gasteiger partial charge < -0.3 is 9.42 Å². The van der Waals surface area contributed by atoms with Crippen LogP contribution in [0.4, 0.5) is 5.69 Å². The largest absolute Gasteiger partial charge is 0.368 e. The lowest BCUT2D eigenvalue weighted by molar-refractivity contribution is 0.389. The average molecular weight is 385 g/mol. The molecular weight excluding hydrogens is 366 g/mol. The summed E-state index contributed by atoms with van der Waals surface area (Å²) in [5.41, 5.74) is 1.74. The lowest BCUT2D eigenvalue weighted by atomic mass is 10.1. The van der Waals surface area contributed by atoms with Gasteiger partial charge >= 0.3 is 0 Å². The molecule has 1 aliphatic rings. The molecule has 1 fully saturated rings. The number of benzene rings is 1. The Morgan fingerprint density at radius 1 is 1.07 bits per heavy atom. The summed E-state index contributed by atoms with van der Waals surface area (Å²) >= 11 is 0. The number of para-hydroxylation sites is 1. The van der Waals surface area contributed by atoms with Crippen LogP contribution in [0.25, 0.3) is 0 Å². The molecule has 0 amide bonds. The lowest BCUT2D eigenvalue weighted by Gasteiger charge is -2.25. The van der Waals surface area contributed by atoms with E-state index < -0.39 is 10.0 Å². The number of nitriles is 2. The van der Waals surface area contributed by atoms with Crippen LogP contribution in [0.15, 0.2) is 27.6 Å². The molecule has 1 aromatic heterocycles. The van der Waals surface area contributed by atoms with Crippen molar-refractivity contribution in [1.29, 1.82) is 10.5 Å². The third-order valence-electron chi connectivity index (χ3n) is 4.61. The fourth-order valence-corrected chi connectivity index (χ4v) is 5.16. The summed E-state index contributed by atoms with van der Waals surface area (Å²) in [5.74, 6) is 0.273. The molecule has 0 N–H and O–H groups in total. The molecule has 0 atom stereocenters. The van der Waals surface area contributed by atoms with Gasteiger partial charge in [-0.15, -0.1) is 0 Å². The molecule has 140 valence electrons. The number of hydrogen-bond donors (Lipinski definition) is 0. The van der Waals surface area contributed by atoms with Crippen molar-refractivity contribution in [3.8, 4) is 12.1 Å². The maximum Gasteiger partial charge on any atom is 0.248 e. The highest BCUT2D eigenvalue weighted by Gasteiger charge is 2.32. The van der Waals surface area contributed by atoms with Crippen molar-refractivity contribution in [2.75, 3.05) is 31.1 Å². The Labute approximate surface area is 158 Å². The number of aromatic nitrogens is 1. The summed E-state index contributed by atoms with van der Waals surface area (Å²) in [7, 11) is -3.72. The molecule has 0 radical (unpaired) electrons. The van der Waals surface area contributed by atoms with E-state index in [1.54, 1.807) is 32.0 Å². The van der Waals surface area contributed by atoms with Gasteiger partial charge in [-0.25, -0.2) is 8.42 Å². The van der Waals surface area contributed by atoms with Crippen LogP contribution < -0.4 is 4.90 Å². The molecule has 1 aliphatic heterocycles. The van der Waals surface area contributed by atoms with Crippen molar-refractivity contribution in [2.45, 2.75) is 25.2 Å². The maximum absolute atomic E-state index is 13.0. The zero-order valence-corrected chi connectivity index (χ0v) is 16.0. The van der Waals surface area contributed by atoms with Gasteiger partial charge in [-0.05, 0) is 32.4 Å². The van der Waals surface area contributed by atoms with Crippen molar-refractivity contribution in [1.82, 2.24) is 9.46 Å². The number of sulfonamides is 1. The molecule has 0 aliphatic carbocycles. The van der Waals surface area contributed by atoms with Crippen LogP contribution in [0, 0.1) is 36.5 Å². The van der Waals surface area contributed by atoms with Crippen molar-refractivity contribution in [3.63, 3.8) is 0 Å². The topological polar surface area (TPSA) is 114 Å². The Bertz CT molecular complexity index is 994. The van der Waals surface area contributed by atoms with Gasteiger partial charge in [0.1, 0.15) is 22.7 Å². The van der Waals surface area contributed by atoms with Crippen molar-refractivity contribution < 1.29 is 12.9 Å². The van der Waals surface area contributed by atoms with Gasteiger partial charge in [-0.1, -0.05) is 11.2 Å². The molecule has 0 saturated carbocycles. The molecule has 3 rings (SSSR count). The first-order chi connectivity index (χ1) is 12.9. The number of aryl methyl sites for hydroxylation is 2. The smallest absolute Gasteiger partial charge is 0.248 e. The summed E-state index contributed by atoms with van der Waals surface area (Å²) in [6.07, 6.45) is 0.577. The van der Waals surface area contributed by atoms with Crippen molar-refractivity contribution >= 4 is 15.7 Å². The van der Waals surface area contributed by atoms with Crippen molar-refractivity contribution in [2.24, 2.45) is 0 Å². The third kappa shape index (κ3) is 3.39. The van der Waals surface area contributed by atoms with E-state index in [1.807, 2.05) is 4.90 Å². The Morgan fingerprint density at radius 2 is 1.74 bits per heavy atom. The van der Waals surface area contributed by atoms with Crippen LogP contribution in [0.2, 0.25) is 0 Å². The van der Waals surface area contributed by atoms with Crippen LogP contribution in [0.5, 0.6) is 0 Å². The molecule has 2 heterocycles. The van der Waals surface area contributed by atoms with E-state index in [0.717, 1.165) is 0 Å². The quantitative estimate of drug-likeness (QED) is 0.793. The normalized spacial score (nSPS) is 15.8. The van der Waals surface area contributed by atoms with E-state index in [9.17, 15) is 18.9 Å². The van der Waals surface area contributed by atoms with E-state index in [-0.39, 0.29) is 17.2 Å². The van der Waals surface area contributed by atoms with Crippen LogP contribution >= 0.6 is 0 Å². The molecule has 0 spiro atoms. The Morgan fingerprint density at radius 3 is 2.30 bits per heavy atom. The Kier molecular flexibility index (Phi) is 5.17. The highest BCUT2D eigenvalue weighted by molar-refractivity contribution is 7.89. The predicted molar refractivity (Wildman–Crippen MR) is 97.4 cm³/mol. The second-order valence-corrected chi connectivity index (χ2v) is 8.20. The Hall–Kier alpha value is -2.88. The molecule has 27 heavy (non-hydrogen) atoms. The molecule has 9 heteroatoms. The number of anilines is 1. The first-order valence-electron chi connectivity index (χ1n) is 8.51. The maximum atomic E-state index is 13.0.